The number of nitrogens with one attached hydrogen (secondary N) is 1. The van der Waals surface area contributed by atoms with Crippen LogP contribution in [-0.2, 0) is 11.3 Å². The molecule has 0 atom stereocenters. The molecule has 0 bridgehead atoms. The molecule has 1 fully saturated rings. The van der Waals surface area contributed by atoms with Crippen molar-refractivity contribution in [3.63, 3.8) is 0 Å². The van der Waals surface area contributed by atoms with Crippen LogP contribution >= 0.6 is 0 Å². The van der Waals surface area contributed by atoms with Gasteiger partial charge in [0, 0.05) is 30.9 Å². The van der Waals surface area contributed by atoms with Crippen molar-refractivity contribution >= 4 is 28.2 Å². The molecule has 0 saturated carbocycles. The number of hydrogen-bond donors (Lipinski definition) is 1. The predicted octanol–water partition coefficient (Wildman–Crippen LogP) is 2.73. The molecule has 1 aliphatic heterocycles. The van der Waals surface area contributed by atoms with E-state index in [1.807, 2.05) is 18.2 Å². The van der Waals surface area contributed by atoms with E-state index in [9.17, 15) is 9.59 Å². The monoisotopic (exact) mass is 377 g/mol. The van der Waals surface area contributed by atoms with Gasteiger partial charge in [-0.25, -0.2) is 4.68 Å². The lowest BCUT2D eigenvalue weighted by atomic mass is 10.1. The second-order valence-electron chi connectivity index (χ2n) is 7.13. The molecule has 1 amide bonds. The van der Waals surface area contributed by atoms with Crippen molar-refractivity contribution in [3.05, 3.63) is 58.4 Å². The topological polar surface area (TPSA) is 80.1 Å². The Labute approximate surface area is 163 Å². The number of aromatic nitrogens is 3. The van der Waals surface area contributed by atoms with Crippen LogP contribution in [-0.4, -0.2) is 34.0 Å². The van der Waals surface area contributed by atoms with E-state index >= 15 is 0 Å². The van der Waals surface area contributed by atoms with Gasteiger partial charge in [-0.2, -0.15) is 0 Å². The van der Waals surface area contributed by atoms with Gasteiger partial charge in [0.05, 0.1) is 11.9 Å². The Balaban J connectivity index is 1.40. The lowest BCUT2D eigenvalue weighted by Gasteiger charge is -2.20. The summed E-state index contributed by atoms with van der Waals surface area (Å²) in [7, 11) is 0. The molecular formula is C21H23N5O2. The summed E-state index contributed by atoms with van der Waals surface area (Å²) in [4.78, 5) is 27.1. The number of rotatable bonds is 5. The van der Waals surface area contributed by atoms with Gasteiger partial charge in [0.1, 0.15) is 5.52 Å². The summed E-state index contributed by atoms with van der Waals surface area (Å²) >= 11 is 0. The molecule has 7 nitrogen and oxygen atoms in total. The third kappa shape index (κ3) is 3.74. The third-order valence-electron chi connectivity index (χ3n) is 5.11. The van der Waals surface area contributed by atoms with Crippen molar-refractivity contribution < 1.29 is 4.79 Å². The van der Waals surface area contributed by atoms with Gasteiger partial charge >= 0.3 is 0 Å². The number of nitrogens with zero attached hydrogens (tertiary/aromatic N) is 4. The highest BCUT2D eigenvalue weighted by atomic mass is 16.2. The van der Waals surface area contributed by atoms with Gasteiger partial charge in [-0.15, -0.1) is 5.10 Å². The minimum Gasteiger partial charge on any atom is -0.371 e. The zero-order chi connectivity index (χ0) is 19.5. The lowest BCUT2D eigenvalue weighted by Crippen LogP contribution is -2.26. The highest BCUT2D eigenvalue weighted by molar-refractivity contribution is 5.91. The number of anilines is 2. The molecule has 28 heavy (non-hydrogen) atoms. The molecular weight excluding hydrogens is 354 g/mol. The predicted molar refractivity (Wildman–Crippen MR) is 110 cm³/mol. The molecule has 4 rings (SSSR count). The molecule has 2 heterocycles. The number of amides is 1. The molecule has 1 aromatic heterocycles. The Bertz CT molecular complexity index is 1070. The molecule has 0 spiro atoms. The van der Waals surface area contributed by atoms with Crippen LogP contribution in [0.1, 0.15) is 24.8 Å². The van der Waals surface area contributed by atoms with E-state index in [1.54, 1.807) is 18.2 Å². The fourth-order valence-electron chi connectivity index (χ4n) is 3.65. The van der Waals surface area contributed by atoms with Crippen molar-refractivity contribution in [1.29, 1.82) is 0 Å². The number of aryl methyl sites for hydroxylation is 2. The summed E-state index contributed by atoms with van der Waals surface area (Å²) in [6.07, 6.45) is 2.61. The van der Waals surface area contributed by atoms with Gasteiger partial charge in [0.25, 0.3) is 5.56 Å². The van der Waals surface area contributed by atoms with E-state index in [2.05, 4.69) is 33.5 Å². The second kappa shape index (κ2) is 7.80. The molecule has 7 heteroatoms. The molecule has 2 aromatic carbocycles. The van der Waals surface area contributed by atoms with Crippen molar-refractivity contribution in [2.45, 2.75) is 32.7 Å². The molecule has 0 aliphatic carbocycles. The van der Waals surface area contributed by atoms with Crippen LogP contribution in [0.25, 0.3) is 10.9 Å². The molecule has 3 aromatic rings. The largest absolute Gasteiger partial charge is 0.371 e. The first-order chi connectivity index (χ1) is 13.6. The number of carbonyl (C=O) groups is 1. The van der Waals surface area contributed by atoms with Crippen LogP contribution in [0, 0.1) is 6.92 Å². The summed E-state index contributed by atoms with van der Waals surface area (Å²) in [6, 6.07) is 13.0. The van der Waals surface area contributed by atoms with E-state index in [0.29, 0.717) is 10.9 Å². The van der Waals surface area contributed by atoms with Crippen LogP contribution in [0.15, 0.2) is 47.3 Å². The van der Waals surface area contributed by atoms with Crippen molar-refractivity contribution in [2.75, 3.05) is 23.3 Å². The highest BCUT2D eigenvalue weighted by Gasteiger charge is 2.15. The van der Waals surface area contributed by atoms with Crippen molar-refractivity contribution in [1.82, 2.24) is 15.0 Å². The first-order valence-corrected chi connectivity index (χ1v) is 9.60. The molecule has 144 valence electrons. The zero-order valence-electron chi connectivity index (χ0n) is 15.9. The van der Waals surface area contributed by atoms with Crippen LogP contribution in [0.2, 0.25) is 0 Å². The maximum Gasteiger partial charge on any atom is 0.277 e. The minimum atomic E-state index is -0.232. The van der Waals surface area contributed by atoms with E-state index < -0.39 is 0 Å². The van der Waals surface area contributed by atoms with E-state index in [0.717, 1.165) is 24.3 Å². The van der Waals surface area contributed by atoms with Crippen LogP contribution in [0.4, 0.5) is 11.4 Å². The van der Waals surface area contributed by atoms with Gasteiger partial charge < -0.3 is 10.2 Å². The quantitative estimate of drug-likeness (QED) is 0.739. The van der Waals surface area contributed by atoms with E-state index in [-0.39, 0.29) is 24.4 Å². The standard InChI is InChI=1S/C21H23N5O2/c1-15-14-16(8-9-19(15)25-11-4-5-12-25)22-20(27)10-13-26-21(28)17-6-2-3-7-18(17)23-24-26/h2-3,6-9,14H,4-5,10-13H2,1H3,(H,22,27). The fourth-order valence-corrected chi connectivity index (χ4v) is 3.65. The Hall–Kier alpha value is -3.22. The Morgan fingerprint density at radius 2 is 1.93 bits per heavy atom. The van der Waals surface area contributed by atoms with Gasteiger partial charge in [0.15, 0.2) is 0 Å². The first-order valence-electron chi connectivity index (χ1n) is 9.60. The second-order valence-corrected chi connectivity index (χ2v) is 7.13. The highest BCUT2D eigenvalue weighted by Crippen LogP contribution is 2.26. The Morgan fingerprint density at radius 1 is 1.14 bits per heavy atom. The van der Waals surface area contributed by atoms with E-state index in [4.69, 9.17) is 0 Å². The Morgan fingerprint density at radius 3 is 2.71 bits per heavy atom. The molecule has 1 N–H and O–H groups in total. The lowest BCUT2D eigenvalue weighted by molar-refractivity contribution is -0.116. The minimum absolute atomic E-state index is 0.153. The average Bonchev–Trinajstić information content (AvgIpc) is 3.22. The van der Waals surface area contributed by atoms with Crippen LogP contribution in [0.3, 0.4) is 0 Å². The van der Waals surface area contributed by atoms with Gasteiger partial charge in [0.2, 0.25) is 5.91 Å². The molecule has 0 unspecified atom stereocenters. The van der Waals surface area contributed by atoms with Crippen LogP contribution < -0.4 is 15.8 Å². The number of fused-ring (bicyclic) bond motifs is 1. The number of carbonyl (C=O) groups excluding carboxylic acids is 1. The van der Waals surface area contributed by atoms with Crippen LogP contribution in [0.5, 0.6) is 0 Å². The summed E-state index contributed by atoms with van der Waals surface area (Å²) < 4.78 is 1.24. The number of benzene rings is 2. The zero-order valence-corrected chi connectivity index (χ0v) is 15.9. The third-order valence-corrected chi connectivity index (χ3v) is 5.11. The van der Waals surface area contributed by atoms with Gasteiger partial charge in [-0.1, -0.05) is 17.3 Å². The Kier molecular flexibility index (Phi) is 5.06. The number of hydrogen-bond acceptors (Lipinski definition) is 5. The van der Waals surface area contributed by atoms with Crippen molar-refractivity contribution in [2.24, 2.45) is 0 Å². The smallest absolute Gasteiger partial charge is 0.277 e. The molecule has 0 radical (unpaired) electrons. The van der Waals surface area contributed by atoms with Crippen molar-refractivity contribution in [3.8, 4) is 0 Å². The van der Waals surface area contributed by atoms with Gasteiger partial charge in [-0.05, 0) is 55.7 Å². The summed E-state index contributed by atoms with van der Waals surface area (Å²) in [5.74, 6) is -0.157. The molecule has 1 aliphatic rings. The summed E-state index contributed by atoms with van der Waals surface area (Å²) in [5.41, 5.74) is 3.47. The SMILES string of the molecule is Cc1cc(NC(=O)CCn2nnc3ccccc3c2=O)ccc1N1CCCC1. The summed E-state index contributed by atoms with van der Waals surface area (Å²) in [6.45, 7) is 4.43. The maximum absolute atomic E-state index is 12.4. The fraction of sp³-hybridized carbons (Fsp3) is 0.333. The average molecular weight is 377 g/mol. The summed E-state index contributed by atoms with van der Waals surface area (Å²) in [5, 5.41) is 11.4. The molecule has 1 saturated heterocycles. The van der Waals surface area contributed by atoms with E-state index in [1.165, 1.54) is 23.2 Å². The normalized spacial score (nSPS) is 13.8. The maximum atomic E-state index is 12.4. The first kappa shape index (κ1) is 18.2. The van der Waals surface area contributed by atoms with Gasteiger partial charge in [-0.3, -0.25) is 9.59 Å².